The molecule has 112 valence electrons. The minimum absolute atomic E-state index is 0.513. The molecule has 0 saturated carbocycles. The Balaban J connectivity index is 2.29. The Morgan fingerprint density at radius 1 is 1.05 bits per heavy atom. The van der Waals surface area contributed by atoms with E-state index in [0.29, 0.717) is 12.5 Å². The molecule has 0 aliphatic heterocycles. The van der Waals surface area contributed by atoms with Crippen LogP contribution in [0.2, 0.25) is 0 Å². The van der Waals surface area contributed by atoms with Crippen LogP contribution >= 0.6 is 0 Å². The van der Waals surface area contributed by atoms with Crippen LogP contribution in [0.1, 0.15) is 42.2 Å². The maximum Gasteiger partial charge on any atom is 0.104 e. The summed E-state index contributed by atoms with van der Waals surface area (Å²) < 4.78 is 5.22. The summed E-state index contributed by atoms with van der Waals surface area (Å²) in [7, 11) is 1.67. The van der Waals surface area contributed by atoms with Gasteiger partial charge >= 0.3 is 0 Å². The van der Waals surface area contributed by atoms with Crippen molar-refractivity contribution in [3.8, 4) is 0 Å². The summed E-state index contributed by atoms with van der Waals surface area (Å²) >= 11 is 0. The van der Waals surface area contributed by atoms with Crippen LogP contribution in [0.4, 0.5) is 0 Å². The van der Waals surface area contributed by atoms with E-state index in [-0.39, 0.29) is 0 Å². The molecule has 2 nitrogen and oxygen atoms in total. The molecule has 0 bridgehead atoms. The van der Waals surface area contributed by atoms with Crippen LogP contribution in [-0.2, 0) is 17.8 Å². The van der Waals surface area contributed by atoms with Gasteiger partial charge in [0.05, 0.1) is 6.61 Å². The molecule has 1 unspecified atom stereocenters. The lowest BCUT2D eigenvalue weighted by atomic mass is 9.94. The van der Waals surface area contributed by atoms with Gasteiger partial charge in [-0.15, -0.1) is 0 Å². The van der Waals surface area contributed by atoms with E-state index < -0.39 is 6.10 Å². The Labute approximate surface area is 127 Å². The highest BCUT2D eigenvalue weighted by Gasteiger charge is 2.14. The van der Waals surface area contributed by atoms with Gasteiger partial charge in [0.2, 0.25) is 0 Å². The van der Waals surface area contributed by atoms with Crippen molar-refractivity contribution in [1.82, 2.24) is 0 Å². The zero-order valence-electron chi connectivity index (χ0n) is 13.0. The molecule has 2 rings (SSSR count). The van der Waals surface area contributed by atoms with Crippen molar-refractivity contribution >= 4 is 0 Å². The molecule has 0 radical (unpaired) electrons. The van der Waals surface area contributed by atoms with Crippen LogP contribution < -0.4 is 0 Å². The Hall–Kier alpha value is -1.64. The summed E-state index contributed by atoms with van der Waals surface area (Å²) in [4.78, 5) is 0. The summed E-state index contributed by atoms with van der Waals surface area (Å²) in [5.74, 6) is 0.609. The number of rotatable bonds is 6. The Bertz CT molecular complexity index is 575. The van der Waals surface area contributed by atoms with E-state index >= 15 is 0 Å². The van der Waals surface area contributed by atoms with E-state index in [0.717, 1.165) is 23.1 Å². The number of methoxy groups -OCH3 is 1. The van der Waals surface area contributed by atoms with Gasteiger partial charge in [-0.1, -0.05) is 62.4 Å². The average Bonchev–Trinajstić information content (AvgIpc) is 2.47. The van der Waals surface area contributed by atoms with Crippen molar-refractivity contribution in [3.63, 3.8) is 0 Å². The van der Waals surface area contributed by atoms with Crippen molar-refractivity contribution in [2.45, 2.75) is 33.0 Å². The van der Waals surface area contributed by atoms with Crippen molar-refractivity contribution in [1.29, 1.82) is 0 Å². The summed E-state index contributed by atoms with van der Waals surface area (Å²) in [6, 6.07) is 16.1. The number of aliphatic hydroxyl groups is 1. The third-order valence-corrected chi connectivity index (χ3v) is 3.56. The van der Waals surface area contributed by atoms with Crippen molar-refractivity contribution < 1.29 is 9.84 Å². The standard InChI is InChI=1S/C19H24O2/c1-14(2)11-15-7-6-9-16(12-15)19(20)18-10-5-4-8-17(18)13-21-3/h4-10,12,14,19-20H,11,13H2,1-3H3. The van der Waals surface area contributed by atoms with Crippen molar-refractivity contribution in [2.75, 3.05) is 7.11 Å². The first-order valence-electron chi connectivity index (χ1n) is 7.45. The third kappa shape index (κ3) is 4.16. The van der Waals surface area contributed by atoms with E-state index in [9.17, 15) is 5.11 Å². The minimum Gasteiger partial charge on any atom is -0.384 e. The largest absolute Gasteiger partial charge is 0.384 e. The van der Waals surface area contributed by atoms with Gasteiger partial charge in [0, 0.05) is 7.11 Å². The quantitative estimate of drug-likeness (QED) is 0.865. The second kappa shape index (κ2) is 7.39. The highest BCUT2D eigenvalue weighted by atomic mass is 16.5. The third-order valence-electron chi connectivity index (χ3n) is 3.56. The second-order valence-electron chi connectivity index (χ2n) is 5.88. The van der Waals surface area contributed by atoms with Crippen LogP contribution in [0.15, 0.2) is 48.5 Å². The molecule has 0 heterocycles. The first kappa shape index (κ1) is 15.7. The molecule has 2 aromatic carbocycles. The average molecular weight is 284 g/mol. The topological polar surface area (TPSA) is 29.5 Å². The SMILES string of the molecule is COCc1ccccc1C(O)c1cccc(CC(C)C)c1. The molecule has 1 atom stereocenters. The molecule has 0 amide bonds. The predicted molar refractivity (Wildman–Crippen MR) is 86.2 cm³/mol. The molecule has 1 N–H and O–H groups in total. The zero-order chi connectivity index (χ0) is 15.2. The molecule has 0 spiro atoms. The summed E-state index contributed by atoms with van der Waals surface area (Å²) in [5.41, 5.74) is 4.16. The van der Waals surface area contributed by atoms with Gasteiger partial charge in [-0.25, -0.2) is 0 Å². The maximum atomic E-state index is 10.7. The molecular formula is C19H24O2. The first-order chi connectivity index (χ1) is 10.1. The second-order valence-corrected chi connectivity index (χ2v) is 5.88. The fourth-order valence-electron chi connectivity index (χ4n) is 2.63. The van der Waals surface area contributed by atoms with E-state index in [4.69, 9.17) is 4.74 Å². The van der Waals surface area contributed by atoms with Crippen LogP contribution in [0.25, 0.3) is 0 Å². The number of aliphatic hydroxyl groups excluding tert-OH is 1. The van der Waals surface area contributed by atoms with Crippen LogP contribution in [0.5, 0.6) is 0 Å². The Morgan fingerprint density at radius 3 is 2.52 bits per heavy atom. The fourth-order valence-corrected chi connectivity index (χ4v) is 2.63. The van der Waals surface area contributed by atoms with Crippen LogP contribution in [0.3, 0.4) is 0 Å². The van der Waals surface area contributed by atoms with Crippen molar-refractivity contribution in [2.24, 2.45) is 5.92 Å². The minimum atomic E-state index is -0.608. The molecule has 0 aliphatic carbocycles. The van der Waals surface area contributed by atoms with Gasteiger partial charge in [-0.3, -0.25) is 0 Å². The Kier molecular flexibility index (Phi) is 5.54. The van der Waals surface area contributed by atoms with Gasteiger partial charge in [0.15, 0.2) is 0 Å². The number of benzene rings is 2. The molecular weight excluding hydrogens is 260 g/mol. The monoisotopic (exact) mass is 284 g/mol. The molecule has 0 aliphatic rings. The normalized spacial score (nSPS) is 12.6. The molecule has 0 saturated heterocycles. The van der Waals surface area contributed by atoms with Gasteiger partial charge in [-0.2, -0.15) is 0 Å². The smallest absolute Gasteiger partial charge is 0.104 e. The number of hydrogen-bond donors (Lipinski definition) is 1. The van der Waals surface area contributed by atoms with E-state index in [1.54, 1.807) is 7.11 Å². The first-order valence-corrected chi connectivity index (χ1v) is 7.45. The molecule has 21 heavy (non-hydrogen) atoms. The number of hydrogen-bond acceptors (Lipinski definition) is 2. The maximum absolute atomic E-state index is 10.7. The fraction of sp³-hybridized carbons (Fsp3) is 0.368. The van der Waals surface area contributed by atoms with Gasteiger partial charge in [0.25, 0.3) is 0 Å². The predicted octanol–water partition coefficient (Wildman–Crippen LogP) is 4.11. The lowest BCUT2D eigenvalue weighted by Crippen LogP contribution is -2.05. The van der Waals surface area contributed by atoms with E-state index in [1.807, 2.05) is 36.4 Å². The molecule has 2 heteroatoms. The summed E-state index contributed by atoms with van der Waals surface area (Å²) in [5, 5.41) is 10.7. The van der Waals surface area contributed by atoms with Gasteiger partial charge in [0.1, 0.15) is 6.10 Å². The number of ether oxygens (including phenoxy) is 1. The molecule has 0 aromatic heterocycles. The molecule has 2 aromatic rings. The van der Waals surface area contributed by atoms with Gasteiger partial charge in [-0.05, 0) is 34.6 Å². The zero-order valence-corrected chi connectivity index (χ0v) is 13.0. The van der Waals surface area contributed by atoms with Crippen molar-refractivity contribution in [3.05, 3.63) is 70.8 Å². The van der Waals surface area contributed by atoms with Gasteiger partial charge < -0.3 is 9.84 Å². The lowest BCUT2D eigenvalue weighted by Gasteiger charge is -2.17. The van der Waals surface area contributed by atoms with Crippen LogP contribution in [0, 0.1) is 5.92 Å². The summed E-state index contributed by atoms with van der Waals surface area (Å²) in [6.45, 7) is 4.92. The lowest BCUT2D eigenvalue weighted by molar-refractivity contribution is 0.176. The van der Waals surface area contributed by atoms with E-state index in [2.05, 4.69) is 26.0 Å². The summed E-state index contributed by atoms with van der Waals surface area (Å²) in [6.07, 6.45) is 0.420. The Morgan fingerprint density at radius 2 is 1.81 bits per heavy atom. The van der Waals surface area contributed by atoms with E-state index in [1.165, 1.54) is 5.56 Å². The molecule has 0 fully saturated rings. The highest BCUT2D eigenvalue weighted by molar-refractivity contribution is 5.37. The highest BCUT2D eigenvalue weighted by Crippen LogP contribution is 2.26. The van der Waals surface area contributed by atoms with Crippen LogP contribution in [-0.4, -0.2) is 12.2 Å².